The zero-order valence-corrected chi connectivity index (χ0v) is 12.8. The van der Waals surface area contributed by atoms with Crippen LogP contribution in [0.25, 0.3) is 0 Å². The van der Waals surface area contributed by atoms with E-state index < -0.39 is 17.4 Å². The summed E-state index contributed by atoms with van der Waals surface area (Å²) in [5, 5.41) is 9.44. The van der Waals surface area contributed by atoms with Crippen LogP contribution in [0, 0.1) is 5.92 Å². The second kappa shape index (κ2) is 5.38. The molecule has 1 aromatic rings. The molecule has 7 heteroatoms. The Balaban J connectivity index is 1.70. The van der Waals surface area contributed by atoms with Crippen molar-refractivity contribution in [2.45, 2.75) is 31.3 Å². The highest BCUT2D eigenvalue weighted by Crippen LogP contribution is 2.43. The number of piperidine rings is 1. The molecular weight excluding hydrogens is 290 g/mol. The summed E-state index contributed by atoms with van der Waals surface area (Å²) in [4.78, 5) is 32.7. The minimum atomic E-state index is -0.844. The number of amides is 1. The van der Waals surface area contributed by atoms with Crippen molar-refractivity contribution in [2.24, 2.45) is 5.92 Å². The lowest BCUT2D eigenvalue weighted by molar-refractivity contribution is -0.146. The molecule has 114 valence electrons. The van der Waals surface area contributed by atoms with Crippen LogP contribution in [0.3, 0.4) is 0 Å². The third-order valence-electron chi connectivity index (χ3n) is 4.95. The van der Waals surface area contributed by atoms with Gasteiger partial charge in [0.1, 0.15) is 0 Å². The van der Waals surface area contributed by atoms with Crippen molar-refractivity contribution in [3.05, 3.63) is 16.6 Å². The summed E-state index contributed by atoms with van der Waals surface area (Å²) >= 11 is 1.64. The number of hydrogen-bond acceptors (Lipinski definition) is 5. The van der Waals surface area contributed by atoms with Crippen LogP contribution in [0.1, 0.15) is 24.1 Å². The molecule has 0 aliphatic carbocycles. The van der Waals surface area contributed by atoms with Gasteiger partial charge in [-0.3, -0.25) is 19.5 Å². The number of thiazole rings is 1. The number of nitrogens with zero attached hydrogens (tertiary/aromatic N) is 3. The molecule has 1 amide bonds. The number of aliphatic carboxylic acids is 1. The van der Waals surface area contributed by atoms with E-state index in [-0.39, 0.29) is 12.3 Å². The third kappa shape index (κ3) is 2.44. The first-order valence-corrected chi connectivity index (χ1v) is 8.00. The largest absolute Gasteiger partial charge is 0.481 e. The highest BCUT2D eigenvalue weighted by atomic mass is 32.1. The highest BCUT2D eigenvalue weighted by Gasteiger charge is 2.55. The predicted octanol–water partition coefficient (Wildman–Crippen LogP) is 1.04. The van der Waals surface area contributed by atoms with Gasteiger partial charge in [0, 0.05) is 44.2 Å². The molecular formula is C14H19N3O3S. The van der Waals surface area contributed by atoms with E-state index in [9.17, 15) is 14.7 Å². The van der Waals surface area contributed by atoms with E-state index in [2.05, 4.69) is 9.88 Å². The molecule has 1 N–H and O–H groups in total. The topological polar surface area (TPSA) is 73.7 Å². The summed E-state index contributed by atoms with van der Waals surface area (Å²) in [7, 11) is 1.75. The Kier molecular flexibility index (Phi) is 3.71. The van der Waals surface area contributed by atoms with Crippen molar-refractivity contribution >= 4 is 23.2 Å². The second-order valence-corrected chi connectivity index (χ2v) is 6.87. The molecule has 21 heavy (non-hydrogen) atoms. The van der Waals surface area contributed by atoms with E-state index in [0.29, 0.717) is 0 Å². The zero-order valence-electron chi connectivity index (χ0n) is 12.0. The molecule has 1 aromatic heterocycles. The highest BCUT2D eigenvalue weighted by molar-refractivity contribution is 7.09. The Morgan fingerprint density at radius 1 is 1.52 bits per heavy atom. The van der Waals surface area contributed by atoms with Crippen molar-refractivity contribution in [2.75, 3.05) is 20.1 Å². The summed E-state index contributed by atoms with van der Waals surface area (Å²) in [6, 6.07) is 0. The lowest BCUT2D eigenvalue weighted by Crippen LogP contribution is -2.55. The van der Waals surface area contributed by atoms with Gasteiger partial charge in [-0.1, -0.05) is 0 Å². The van der Waals surface area contributed by atoms with E-state index in [1.807, 2.05) is 11.7 Å². The predicted molar refractivity (Wildman–Crippen MR) is 77.9 cm³/mol. The van der Waals surface area contributed by atoms with E-state index in [0.717, 1.165) is 32.5 Å². The van der Waals surface area contributed by atoms with Crippen LogP contribution < -0.4 is 0 Å². The smallest absolute Gasteiger partial charge is 0.309 e. The second-order valence-electron chi connectivity index (χ2n) is 5.90. The number of carboxylic acids is 1. The Hall–Kier alpha value is -1.47. The van der Waals surface area contributed by atoms with Crippen LogP contribution in [0.4, 0.5) is 0 Å². The van der Waals surface area contributed by atoms with Crippen LogP contribution in [-0.2, 0) is 16.1 Å². The minimum Gasteiger partial charge on any atom is -0.481 e. The quantitative estimate of drug-likeness (QED) is 0.903. The average Bonchev–Trinajstić information content (AvgIpc) is 3.04. The van der Waals surface area contributed by atoms with Gasteiger partial charge in [0.15, 0.2) is 0 Å². The zero-order chi connectivity index (χ0) is 15.0. The molecule has 1 spiro atoms. The molecule has 1 atom stereocenters. The molecule has 0 bridgehead atoms. The molecule has 1 unspecified atom stereocenters. The number of carbonyl (C=O) groups excluding carboxylic acids is 1. The maximum atomic E-state index is 11.9. The van der Waals surface area contributed by atoms with Gasteiger partial charge in [-0.05, 0) is 12.8 Å². The molecule has 2 fully saturated rings. The molecule has 6 nitrogen and oxygen atoms in total. The van der Waals surface area contributed by atoms with Crippen molar-refractivity contribution in [1.29, 1.82) is 0 Å². The fourth-order valence-electron chi connectivity index (χ4n) is 3.62. The first-order chi connectivity index (χ1) is 10.0. The van der Waals surface area contributed by atoms with E-state index in [1.165, 1.54) is 4.88 Å². The Morgan fingerprint density at radius 2 is 2.24 bits per heavy atom. The summed E-state index contributed by atoms with van der Waals surface area (Å²) in [5.41, 5.74) is 1.33. The lowest BCUT2D eigenvalue weighted by atomic mass is 9.77. The van der Waals surface area contributed by atoms with Gasteiger partial charge in [-0.25, -0.2) is 0 Å². The SMILES string of the molecule is CN1C(=O)CC(C(=O)O)C12CCN(Cc1cncs1)CC2. The fraction of sp³-hybridized carbons (Fsp3) is 0.643. The number of hydrogen-bond donors (Lipinski definition) is 1. The summed E-state index contributed by atoms with van der Waals surface area (Å²) in [5.74, 6) is -1.46. The van der Waals surface area contributed by atoms with Gasteiger partial charge in [0.2, 0.25) is 5.91 Å². The van der Waals surface area contributed by atoms with E-state index >= 15 is 0 Å². The van der Waals surface area contributed by atoms with Gasteiger partial charge < -0.3 is 10.0 Å². The fourth-order valence-corrected chi connectivity index (χ4v) is 4.26. The number of carboxylic acid groups (broad SMARTS) is 1. The van der Waals surface area contributed by atoms with Crippen LogP contribution >= 0.6 is 11.3 Å². The van der Waals surface area contributed by atoms with Gasteiger partial charge in [0.25, 0.3) is 0 Å². The average molecular weight is 309 g/mol. The van der Waals surface area contributed by atoms with Gasteiger partial charge in [0.05, 0.1) is 17.0 Å². The monoisotopic (exact) mass is 309 g/mol. The van der Waals surface area contributed by atoms with Gasteiger partial charge >= 0.3 is 5.97 Å². The number of aromatic nitrogens is 1. The molecule has 2 aliphatic rings. The normalized spacial score (nSPS) is 25.7. The van der Waals surface area contributed by atoms with Crippen LogP contribution in [0.15, 0.2) is 11.7 Å². The maximum Gasteiger partial charge on any atom is 0.309 e. The molecule has 0 radical (unpaired) electrons. The van der Waals surface area contributed by atoms with E-state index in [1.54, 1.807) is 23.3 Å². The van der Waals surface area contributed by atoms with Crippen LogP contribution in [0.2, 0.25) is 0 Å². The third-order valence-corrected chi connectivity index (χ3v) is 5.72. The molecule has 2 aliphatic heterocycles. The minimum absolute atomic E-state index is 0.0432. The Labute approximate surface area is 127 Å². The summed E-state index contributed by atoms with van der Waals surface area (Å²) in [6.45, 7) is 2.49. The first kappa shape index (κ1) is 14.5. The van der Waals surface area contributed by atoms with Gasteiger partial charge in [-0.2, -0.15) is 0 Å². The van der Waals surface area contributed by atoms with Crippen molar-refractivity contribution in [3.8, 4) is 0 Å². The Morgan fingerprint density at radius 3 is 2.81 bits per heavy atom. The number of carbonyl (C=O) groups is 2. The molecule has 3 heterocycles. The number of rotatable bonds is 3. The van der Waals surface area contributed by atoms with Crippen LogP contribution in [-0.4, -0.2) is 57.4 Å². The first-order valence-electron chi connectivity index (χ1n) is 7.12. The molecule has 0 saturated carbocycles. The van der Waals surface area contributed by atoms with Crippen molar-refractivity contribution in [1.82, 2.24) is 14.8 Å². The van der Waals surface area contributed by atoms with Crippen molar-refractivity contribution in [3.63, 3.8) is 0 Å². The lowest BCUT2D eigenvalue weighted by Gasteiger charge is -2.45. The standard InChI is InChI=1S/C14H19N3O3S/c1-16-12(18)6-11(13(19)20)14(16)2-4-17(5-3-14)8-10-7-15-9-21-10/h7,9,11H,2-6,8H2,1H3,(H,19,20). The van der Waals surface area contributed by atoms with Crippen LogP contribution in [0.5, 0.6) is 0 Å². The van der Waals surface area contributed by atoms with Crippen molar-refractivity contribution < 1.29 is 14.7 Å². The molecule has 0 aromatic carbocycles. The maximum absolute atomic E-state index is 11.9. The van der Waals surface area contributed by atoms with Gasteiger partial charge in [-0.15, -0.1) is 11.3 Å². The van der Waals surface area contributed by atoms with E-state index in [4.69, 9.17) is 0 Å². The number of likely N-dealkylation sites (tertiary alicyclic amines) is 2. The Bertz CT molecular complexity index is 538. The molecule has 2 saturated heterocycles. The molecule has 3 rings (SSSR count). The summed E-state index contributed by atoms with van der Waals surface area (Å²) in [6.07, 6.45) is 3.47. The summed E-state index contributed by atoms with van der Waals surface area (Å²) < 4.78 is 0.